The molecule has 0 bridgehead atoms. The van der Waals surface area contributed by atoms with Crippen LogP contribution >= 0.6 is 0 Å². The second-order valence-corrected chi connectivity index (χ2v) is 7.81. The smallest absolute Gasteiger partial charge is 0.220 e. The Balaban J connectivity index is 1.60. The van der Waals surface area contributed by atoms with Crippen molar-refractivity contribution in [3.8, 4) is 5.75 Å². The molecule has 0 spiro atoms. The van der Waals surface area contributed by atoms with Gasteiger partial charge in [0.15, 0.2) is 11.8 Å². The number of ether oxygens (including phenoxy) is 1. The number of benzene rings is 1. The van der Waals surface area contributed by atoms with Crippen LogP contribution in [0.25, 0.3) is 0 Å². The van der Waals surface area contributed by atoms with Gasteiger partial charge in [0.2, 0.25) is 5.91 Å². The lowest BCUT2D eigenvalue weighted by atomic mass is 10.1. The molecule has 2 heterocycles. The van der Waals surface area contributed by atoms with Crippen molar-refractivity contribution in [1.82, 2.24) is 5.32 Å². The van der Waals surface area contributed by atoms with E-state index in [0.717, 1.165) is 37.7 Å². The van der Waals surface area contributed by atoms with Gasteiger partial charge in [-0.3, -0.25) is 4.79 Å². The number of furan rings is 1. The molecule has 1 aromatic carbocycles. The Morgan fingerprint density at radius 3 is 2.50 bits per heavy atom. The van der Waals surface area contributed by atoms with Gasteiger partial charge >= 0.3 is 0 Å². The van der Waals surface area contributed by atoms with Gasteiger partial charge in [-0.1, -0.05) is 13.8 Å². The van der Waals surface area contributed by atoms with E-state index in [1.807, 2.05) is 24.3 Å². The number of hydrogen-bond donors (Lipinski definition) is 2. The molecule has 152 valence electrons. The number of amides is 1. The van der Waals surface area contributed by atoms with Crippen LogP contribution in [0.2, 0.25) is 0 Å². The first-order valence-corrected chi connectivity index (χ1v) is 10.1. The number of rotatable bonds is 8. The van der Waals surface area contributed by atoms with Crippen LogP contribution in [0, 0.1) is 5.92 Å². The molecule has 0 aliphatic carbocycles. The number of quaternary nitrogens is 1. The fraction of sp³-hybridized carbons (Fsp3) is 0.500. The first-order chi connectivity index (χ1) is 13.6. The molecule has 1 saturated heterocycles. The minimum absolute atomic E-state index is 0.114. The van der Waals surface area contributed by atoms with E-state index in [0.29, 0.717) is 18.9 Å². The average molecular weight is 387 g/mol. The molecule has 2 N–H and O–H groups in total. The summed E-state index contributed by atoms with van der Waals surface area (Å²) in [6.45, 7) is 8.67. The SMILES string of the molecule is COc1ccc(N2CC[NH+]([C@H](CNC(=O)CC(C)C)c3ccco3)CC2)cc1. The van der Waals surface area contributed by atoms with Crippen LogP contribution in [0.4, 0.5) is 5.69 Å². The zero-order valence-electron chi connectivity index (χ0n) is 17.1. The third-order valence-corrected chi connectivity index (χ3v) is 5.32. The predicted octanol–water partition coefficient (Wildman–Crippen LogP) is 1.90. The summed E-state index contributed by atoms with van der Waals surface area (Å²) in [4.78, 5) is 16.0. The molecule has 28 heavy (non-hydrogen) atoms. The Labute approximate surface area is 167 Å². The van der Waals surface area contributed by atoms with Gasteiger partial charge in [-0.2, -0.15) is 0 Å². The monoisotopic (exact) mass is 386 g/mol. The topological polar surface area (TPSA) is 59.1 Å². The highest BCUT2D eigenvalue weighted by molar-refractivity contribution is 5.76. The second kappa shape index (κ2) is 9.64. The van der Waals surface area contributed by atoms with E-state index >= 15 is 0 Å². The number of hydrogen-bond acceptors (Lipinski definition) is 4. The maximum Gasteiger partial charge on any atom is 0.220 e. The highest BCUT2D eigenvalue weighted by Crippen LogP contribution is 2.19. The quantitative estimate of drug-likeness (QED) is 0.728. The van der Waals surface area contributed by atoms with Crippen molar-refractivity contribution in [2.24, 2.45) is 5.92 Å². The van der Waals surface area contributed by atoms with Crippen molar-refractivity contribution >= 4 is 11.6 Å². The Morgan fingerprint density at radius 1 is 1.21 bits per heavy atom. The molecular formula is C22H32N3O3+. The average Bonchev–Trinajstić information content (AvgIpc) is 3.23. The molecule has 2 aromatic rings. The molecule has 1 aliphatic heterocycles. The summed E-state index contributed by atoms with van der Waals surface area (Å²) in [5.74, 6) is 2.30. The molecule has 1 aromatic heterocycles. The number of nitrogens with zero attached hydrogens (tertiary/aromatic N) is 1. The summed E-state index contributed by atoms with van der Waals surface area (Å²) in [5.41, 5.74) is 1.22. The largest absolute Gasteiger partial charge is 0.497 e. The number of carbonyl (C=O) groups excluding carboxylic acids is 1. The molecule has 6 heteroatoms. The van der Waals surface area contributed by atoms with E-state index in [-0.39, 0.29) is 11.9 Å². The molecule has 0 unspecified atom stereocenters. The van der Waals surface area contributed by atoms with Crippen LogP contribution in [-0.2, 0) is 4.79 Å². The van der Waals surface area contributed by atoms with Crippen LogP contribution < -0.4 is 19.9 Å². The van der Waals surface area contributed by atoms with E-state index in [1.54, 1.807) is 13.4 Å². The normalized spacial score (nSPS) is 16.2. The number of nitrogens with one attached hydrogen (secondary N) is 2. The highest BCUT2D eigenvalue weighted by atomic mass is 16.5. The fourth-order valence-corrected chi connectivity index (χ4v) is 3.79. The van der Waals surface area contributed by atoms with Gasteiger partial charge in [0.25, 0.3) is 0 Å². The Morgan fingerprint density at radius 2 is 1.93 bits per heavy atom. The number of carbonyl (C=O) groups is 1. The summed E-state index contributed by atoms with van der Waals surface area (Å²) in [5, 5.41) is 3.11. The fourth-order valence-electron chi connectivity index (χ4n) is 3.79. The third kappa shape index (κ3) is 5.29. The van der Waals surface area contributed by atoms with Crippen molar-refractivity contribution in [1.29, 1.82) is 0 Å². The van der Waals surface area contributed by atoms with Crippen molar-refractivity contribution < 1.29 is 18.8 Å². The second-order valence-electron chi connectivity index (χ2n) is 7.81. The zero-order valence-corrected chi connectivity index (χ0v) is 17.1. The third-order valence-electron chi connectivity index (χ3n) is 5.32. The summed E-state index contributed by atoms with van der Waals surface area (Å²) in [6, 6.07) is 12.3. The van der Waals surface area contributed by atoms with Gasteiger partial charge in [-0.05, 0) is 42.3 Å². The molecule has 0 saturated carbocycles. The van der Waals surface area contributed by atoms with E-state index in [2.05, 4.69) is 36.2 Å². The molecule has 6 nitrogen and oxygen atoms in total. The highest BCUT2D eigenvalue weighted by Gasteiger charge is 2.31. The Bertz CT molecular complexity index is 720. The van der Waals surface area contributed by atoms with Crippen LogP contribution in [0.3, 0.4) is 0 Å². The van der Waals surface area contributed by atoms with Gasteiger partial charge in [-0.15, -0.1) is 0 Å². The Hall–Kier alpha value is -2.47. The number of piperazine rings is 1. The standard InChI is InChI=1S/C22H31N3O3/c1-17(2)15-22(26)23-16-20(21-5-4-14-28-21)25-12-10-24(11-13-25)18-6-8-19(27-3)9-7-18/h4-9,14,17,20H,10-13,15-16H2,1-3H3,(H,23,26)/p+1/t20-/m1/s1. The lowest BCUT2D eigenvalue weighted by molar-refractivity contribution is -0.932. The van der Waals surface area contributed by atoms with Crippen molar-refractivity contribution in [2.75, 3.05) is 44.7 Å². The zero-order chi connectivity index (χ0) is 19.9. The molecule has 1 amide bonds. The van der Waals surface area contributed by atoms with E-state index in [1.165, 1.54) is 10.6 Å². The lowest BCUT2D eigenvalue weighted by Crippen LogP contribution is -3.15. The summed E-state index contributed by atoms with van der Waals surface area (Å²) in [6.07, 6.45) is 2.27. The predicted molar refractivity (Wildman–Crippen MR) is 110 cm³/mol. The van der Waals surface area contributed by atoms with Gasteiger partial charge in [-0.25, -0.2) is 0 Å². The Kier molecular flexibility index (Phi) is 6.98. The van der Waals surface area contributed by atoms with Crippen LogP contribution in [0.15, 0.2) is 47.1 Å². The maximum atomic E-state index is 12.1. The molecular weight excluding hydrogens is 354 g/mol. The minimum Gasteiger partial charge on any atom is -0.497 e. The summed E-state index contributed by atoms with van der Waals surface area (Å²) < 4.78 is 10.9. The van der Waals surface area contributed by atoms with Gasteiger partial charge in [0.05, 0.1) is 46.1 Å². The van der Waals surface area contributed by atoms with Crippen molar-refractivity contribution in [3.05, 3.63) is 48.4 Å². The van der Waals surface area contributed by atoms with E-state index in [4.69, 9.17) is 9.15 Å². The lowest BCUT2D eigenvalue weighted by Gasteiger charge is -2.37. The first-order valence-electron chi connectivity index (χ1n) is 10.1. The van der Waals surface area contributed by atoms with Crippen LogP contribution in [0.1, 0.15) is 32.1 Å². The number of anilines is 1. The summed E-state index contributed by atoms with van der Waals surface area (Å²) in [7, 11) is 1.69. The number of methoxy groups -OCH3 is 1. The van der Waals surface area contributed by atoms with Crippen molar-refractivity contribution in [3.63, 3.8) is 0 Å². The molecule has 3 rings (SSSR count). The van der Waals surface area contributed by atoms with Gasteiger partial charge < -0.3 is 24.3 Å². The molecule has 1 atom stereocenters. The minimum atomic E-state index is 0.114. The molecule has 0 radical (unpaired) electrons. The van der Waals surface area contributed by atoms with E-state index in [9.17, 15) is 4.79 Å². The van der Waals surface area contributed by atoms with Crippen LogP contribution in [-0.4, -0.2) is 45.7 Å². The summed E-state index contributed by atoms with van der Waals surface area (Å²) >= 11 is 0. The van der Waals surface area contributed by atoms with E-state index < -0.39 is 0 Å². The maximum absolute atomic E-state index is 12.1. The first kappa shape index (κ1) is 20.3. The molecule has 1 aliphatic rings. The van der Waals surface area contributed by atoms with Crippen LogP contribution in [0.5, 0.6) is 5.75 Å². The molecule has 1 fully saturated rings. The van der Waals surface area contributed by atoms with Gasteiger partial charge in [0, 0.05) is 12.1 Å². The van der Waals surface area contributed by atoms with Crippen molar-refractivity contribution in [2.45, 2.75) is 26.3 Å². The van der Waals surface area contributed by atoms with Gasteiger partial charge in [0.1, 0.15) is 5.75 Å².